The Morgan fingerprint density at radius 3 is 2.52 bits per heavy atom. The summed E-state index contributed by atoms with van der Waals surface area (Å²) in [5.41, 5.74) is 0.908. The van der Waals surface area contributed by atoms with Gasteiger partial charge in [0, 0.05) is 38.4 Å². The van der Waals surface area contributed by atoms with Crippen molar-refractivity contribution in [1.82, 2.24) is 14.8 Å². The molecule has 9 heteroatoms. The highest BCUT2D eigenvalue weighted by atomic mass is 16.5. The highest BCUT2D eigenvalue weighted by Crippen LogP contribution is 2.16. The number of carbonyl (C=O) groups excluding carboxylic acids is 1. The van der Waals surface area contributed by atoms with Gasteiger partial charge in [-0.2, -0.15) is 0 Å². The molecule has 2 aromatic rings. The molecular weight excluding hydrogens is 400 g/mol. The molecule has 0 radical (unpaired) electrons. The molecule has 1 fully saturated rings. The van der Waals surface area contributed by atoms with Crippen LogP contribution in [0.5, 0.6) is 5.75 Å². The Labute approximate surface area is 182 Å². The molecule has 0 aliphatic carbocycles. The summed E-state index contributed by atoms with van der Waals surface area (Å²) < 4.78 is 16.1. The van der Waals surface area contributed by atoms with Crippen LogP contribution in [0.3, 0.4) is 0 Å². The number of aliphatic hydroxyl groups excluding tert-OH is 1. The van der Waals surface area contributed by atoms with E-state index in [1.165, 1.54) is 6.26 Å². The summed E-state index contributed by atoms with van der Waals surface area (Å²) in [6.45, 7) is 8.81. The van der Waals surface area contributed by atoms with Crippen LogP contribution in [-0.4, -0.2) is 84.4 Å². The first-order chi connectivity index (χ1) is 14.9. The molecule has 1 atom stereocenters. The van der Waals surface area contributed by atoms with Crippen LogP contribution in [0.25, 0.3) is 0 Å². The summed E-state index contributed by atoms with van der Waals surface area (Å²) in [4.78, 5) is 21.2. The van der Waals surface area contributed by atoms with E-state index in [4.69, 9.17) is 13.9 Å². The van der Waals surface area contributed by atoms with Gasteiger partial charge in [-0.15, -0.1) is 0 Å². The molecule has 0 spiro atoms. The van der Waals surface area contributed by atoms with E-state index in [2.05, 4.69) is 20.1 Å². The van der Waals surface area contributed by atoms with Crippen LogP contribution in [0, 0.1) is 0 Å². The van der Waals surface area contributed by atoms with Gasteiger partial charge < -0.3 is 24.3 Å². The average molecular weight is 433 g/mol. The van der Waals surface area contributed by atoms with Gasteiger partial charge in [0.15, 0.2) is 5.69 Å². The standard InChI is InChI=1S/C22H32N4O5/c1-16(2)30-14-18(27)12-25-8-10-26(11-9-25)13-21-24-20(15-31-21)22(28)23-17-4-6-19(29-3)7-5-17/h4-7,15-16,18,27H,8-14H2,1-3H3,(H,23,28)/t18-/m1/s1. The van der Waals surface area contributed by atoms with Gasteiger partial charge in [0.05, 0.1) is 32.5 Å². The predicted molar refractivity (Wildman–Crippen MR) is 116 cm³/mol. The second-order valence-corrected chi connectivity index (χ2v) is 7.92. The fourth-order valence-corrected chi connectivity index (χ4v) is 3.33. The van der Waals surface area contributed by atoms with Crippen LogP contribution in [0.15, 0.2) is 34.9 Å². The Kier molecular flexibility index (Phi) is 8.42. The highest BCUT2D eigenvalue weighted by Gasteiger charge is 2.21. The summed E-state index contributed by atoms with van der Waals surface area (Å²) >= 11 is 0. The molecule has 2 N–H and O–H groups in total. The molecule has 2 heterocycles. The largest absolute Gasteiger partial charge is 0.497 e. The predicted octanol–water partition coefficient (Wildman–Crippen LogP) is 1.84. The number of anilines is 1. The van der Waals surface area contributed by atoms with Crippen molar-refractivity contribution in [3.8, 4) is 5.75 Å². The fraction of sp³-hybridized carbons (Fsp3) is 0.545. The first-order valence-electron chi connectivity index (χ1n) is 10.6. The second kappa shape index (κ2) is 11.2. The quantitative estimate of drug-likeness (QED) is 0.587. The first kappa shape index (κ1) is 23.2. The summed E-state index contributed by atoms with van der Waals surface area (Å²) in [5, 5.41) is 12.9. The molecule has 0 bridgehead atoms. The third-order valence-corrected chi connectivity index (χ3v) is 5.05. The van der Waals surface area contributed by atoms with Crippen LogP contribution >= 0.6 is 0 Å². The van der Waals surface area contributed by atoms with E-state index in [1.54, 1.807) is 31.4 Å². The molecule has 0 unspecified atom stereocenters. The third-order valence-electron chi connectivity index (χ3n) is 5.05. The third kappa shape index (κ3) is 7.32. The van der Waals surface area contributed by atoms with Gasteiger partial charge in [-0.25, -0.2) is 4.98 Å². The fourth-order valence-electron chi connectivity index (χ4n) is 3.33. The molecule has 9 nitrogen and oxygen atoms in total. The van der Waals surface area contributed by atoms with Crippen molar-refractivity contribution in [3.05, 3.63) is 42.1 Å². The topological polar surface area (TPSA) is 100 Å². The zero-order valence-corrected chi connectivity index (χ0v) is 18.4. The van der Waals surface area contributed by atoms with E-state index in [0.717, 1.165) is 31.9 Å². The number of aromatic nitrogens is 1. The number of ether oxygens (including phenoxy) is 2. The molecule has 31 heavy (non-hydrogen) atoms. The van der Waals surface area contributed by atoms with Crippen molar-refractivity contribution < 1.29 is 23.8 Å². The van der Waals surface area contributed by atoms with Gasteiger partial charge >= 0.3 is 0 Å². The van der Waals surface area contributed by atoms with Crippen molar-refractivity contribution in [2.45, 2.75) is 32.6 Å². The summed E-state index contributed by atoms with van der Waals surface area (Å²) in [5.74, 6) is 0.918. The highest BCUT2D eigenvalue weighted by molar-refractivity contribution is 6.02. The number of carbonyl (C=O) groups is 1. The number of β-amino-alcohol motifs (C(OH)–C–C–N with tert-alkyl or cyclic N) is 1. The minimum absolute atomic E-state index is 0.121. The Morgan fingerprint density at radius 1 is 1.19 bits per heavy atom. The van der Waals surface area contributed by atoms with Crippen LogP contribution in [0.2, 0.25) is 0 Å². The van der Waals surface area contributed by atoms with E-state index in [1.807, 2.05) is 13.8 Å². The van der Waals surface area contributed by atoms with E-state index >= 15 is 0 Å². The van der Waals surface area contributed by atoms with E-state index in [9.17, 15) is 9.90 Å². The van der Waals surface area contributed by atoms with E-state index in [0.29, 0.717) is 31.3 Å². The van der Waals surface area contributed by atoms with Gasteiger partial charge in [0.1, 0.15) is 12.0 Å². The lowest BCUT2D eigenvalue weighted by Gasteiger charge is -2.35. The van der Waals surface area contributed by atoms with Crippen molar-refractivity contribution in [3.63, 3.8) is 0 Å². The van der Waals surface area contributed by atoms with Gasteiger partial charge in [-0.3, -0.25) is 14.6 Å². The van der Waals surface area contributed by atoms with E-state index < -0.39 is 6.10 Å². The normalized spacial score (nSPS) is 16.4. The summed E-state index contributed by atoms with van der Waals surface area (Å²) in [6, 6.07) is 7.09. The molecule has 1 aliphatic heterocycles. The number of piperazine rings is 1. The minimum atomic E-state index is -0.479. The number of benzene rings is 1. The van der Waals surface area contributed by atoms with Crippen LogP contribution in [-0.2, 0) is 11.3 Å². The first-order valence-corrected chi connectivity index (χ1v) is 10.6. The van der Waals surface area contributed by atoms with Crippen molar-refractivity contribution in [1.29, 1.82) is 0 Å². The second-order valence-electron chi connectivity index (χ2n) is 7.92. The lowest BCUT2D eigenvalue weighted by Crippen LogP contribution is -2.48. The maximum atomic E-state index is 12.4. The number of hydrogen-bond donors (Lipinski definition) is 2. The molecule has 1 aromatic carbocycles. The molecule has 170 valence electrons. The number of nitrogens with zero attached hydrogens (tertiary/aromatic N) is 3. The molecule has 1 amide bonds. The summed E-state index contributed by atoms with van der Waals surface area (Å²) in [6.07, 6.45) is 1.03. The number of amides is 1. The lowest BCUT2D eigenvalue weighted by molar-refractivity contribution is -0.0151. The van der Waals surface area contributed by atoms with Gasteiger partial charge in [0.2, 0.25) is 5.89 Å². The number of oxazole rings is 1. The number of rotatable bonds is 10. The molecule has 1 saturated heterocycles. The summed E-state index contributed by atoms with van der Waals surface area (Å²) in [7, 11) is 1.59. The minimum Gasteiger partial charge on any atom is -0.497 e. The van der Waals surface area contributed by atoms with Gasteiger partial charge in [-0.1, -0.05) is 0 Å². The smallest absolute Gasteiger partial charge is 0.277 e. The van der Waals surface area contributed by atoms with Crippen molar-refractivity contribution in [2.75, 3.05) is 51.8 Å². The Bertz CT molecular complexity index is 816. The number of aliphatic hydroxyl groups is 1. The average Bonchev–Trinajstić information content (AvgIpc) is 3.23. The zero-order valence-electron chi connectivity index (χ0n) is 18.4. The van der Waals surface area contributed by atoms with E-state index in [-0.39, 0.29) is 17.7 Å². The number of nitrogens with one attached hydrogen (secondary N) is 1. The molecule has 3 rings (SSSR count). The lowest BCUT2D eigenvalue weighted by atomic mass is 10.2. The number of hydrogen-bond acceptors (Lipinski definition) is 8. The zero-order chi connectivity index (χ0) is 22.2. The maximum Gasteiger partial charge on any atom is 0.277 e. The molecule has 0 saturated carbocycles. The molecular formula is C22H32N4O5. The van der Waals surface area contributed by atoms with Crippen molar-refractivity contribution >= 4 is 11.6 Å². The van der Waals surface area contributed by atoms with Crippen LogP contribution < -0.4 is 10.1 Å². The van der Waals surface area contributed by atoms with Gasteiger partial charge in [0.25, 0.3) is 5.91 Å². The van der Waals surface area contributed by atoms with Gasteiger partial charge in [-0.05, 0) is 38.1 Å². The van der Waals surface area contributed by atoms with Crippen LogP contribution in [0.1, 0.15) is 30.2 Å². The monoisotopic (exact) mass is 432 g/mol. The molecule has 1 aromatic heterocycles. The Hall–Kier alpha value is -2.46. The molecule has 1 aliphatic rings. The van der Waals surface area contributed by atoms with Crippen LogP contribution in [0.4, 0.5) is 5.69 Å². The number of methoxy groups -OCH3 is 1. The Morgan fingerprint density at radius 2 is 1.87 bits per heavy atom. The SMILES string of the molecule is COc1ccc(NC(=O)c2coc(CN3CCN(C[C@@H](O)COC(C)C)CC3)n2)cc1. The van der Waals surface area contributed by atoms with Crippen molar-refractivity contribution in [2.24, 2.45) is 0 Å². The maximum absolute atomic E-state index is 12.4. The Balaban J connectivity index is 1.42.